The molecule has 2 aromatic rings. The Balaban J connectivity index is 1.52. The normalized spacial score (nSPS) is 15.0. The molecule has 1 fully saturated rings. The molecule has 1 aliphatic rings. The summed E-state index contributed by atoms with van der Waals surface area (Å²) < 4.78 is 7.52. The summed E-state index contributed by atoms with van der Waals surface area (Å²) in [6, 6.07) is 8.38. The molecule has 1 aliphatic heterocycles. The van der Waals surface area contributed by atoms with Gasteiger partial charge in [0.1, 0.15) is 0 Å². The van der Waals surface area contributed by atoms with E-state index in [4.69, 9.17) is 4.74 Å². The highest BCUT2D eigenvalue weighted by Gasteiger charge is 2.15. The van der Waals surface area contributed by atoms with Crippen LogP contribution < -0.4 is 5.32 Å². The maximum absolute atomic E-state index is 12.5. The Hall–Kier alpha value is -2.18. The summed E-state index contributed by atoms with van der Waals surface area (Å²) >= 11 is 0. The first kappa shape index (κ1) is 22.5. The SMILES string of the molecule is Cc1nn(CC(C)C)c(C)c1CCC(=O)NCc1ccccc1CN1CCOCC1. The minimum Gasteiger partial charge on any atom is -0.379 e. The van der Waals surface area contributed by atoms with Gasteiger partial charge in [0.25, 0.3) is 0 Å². The number of ether oxygens (including phenoxy) is 1. The van der Waals surface area contributed by atoms with Crippen molar-refractivity contribution < 1.29 is 9.53 Å². The van der Waals surface area contributed by atoms with Crippen molar-refractivity contribution in [3.63, 3.8) is 0 Å². The summed E-state index contributed by atoms with van der Waals surface area (Å²) in [6.45, 7) is 14.5. The summed E-state index contributed by atoms with van der Waals surface area (Å²) in [5.74, 6) is 0.642. The van der Waals surface area contributed by atoms with Gasteiger partial charge in [0, 0.05) is 44.8 Å². The van der Waals surface area contributed by atoms with Gasteiger partial charge in [0.15, 0.2) is 0 Å². The van der Waals surface area contributed by atoms with E-state index < -0.39 is 0 Å². The fourth-order valence-electron chi connectivity index (χ4n) is 4.02. The Labute approximate surface area is 180 Å². The molecule has 0 radical (unpaired) electrons. The molecule has 164 valence electrons. The van der Waals surface area contributed by atoms with E-state index in [1.165, 1.54) is 22.4 Å². The molecular weight excluding hydrogens is 376 g/mol. The van der Waals surface area contributed by atoms with Crippen LogP contribution in [0.15, 0.2) is 24.3 Å². The van der Waals surface area contributed by atoms with Gasteiger partial charge in [-0.25, -0.2) is 0 Å². The van der Waals surface area contributed by atoms with Crippen molar-refractivity contribution in [2.45, 2.75) is 60.2 Å². The lowest BCUT2D eigenvalue weighted by Gasteiger charge is -2.27. The number of aromatic nitrogens is 2. The number of amides is 1. The standard InChI is InChI=1S/C24H36N4O2/c1-18(2)16-28-20(4)23(19(3)26-28)9-10-24(29)25-15-21-7-5-6-8-22(21)17-27-11-13-30-14-12-27/h5-8,18H,9-17H2,1-4H3,(H,25,29). The van der Waals surface area contributed by atoms with Gasteiger partial charge in [0.2, 0.25) is 5.91 Å². The lowest BCUT2D eigenvalue weighted by Crippen LogP contribution is -2.36. The Morgan fingerprint density at radius 3 is 2.57 bits per heavy atom. The summed E-state index contributed by atoms with van der Waals surface area (Å²) in [7, 11) is 0. The van der Waals surface area contributed by atoms with Gasteiger partial charge in [-0.05, 0) is 42.9 Å². The van der Waals surface area contributed by atoms with Gasteiger partial charge in [0.05, 0.1) is 18.9 Å². The summed E-state index contributed by atoms with van der Waals surface area (Å²) in [6.07, 6.45) is 1.22. The average Bonchev–Trinajstić information content (AvgIpc) is 2.98. The first-order valence-corrected chi connectivity index (χ1v) is 11.1. The molecule has 0 aliphatic carbocycles. The topological polar surface area (TPSA) is 59.4 Å². The summed E-state index contributed by atoms with van der Waals surface area (Å²) in [5.41, 5.74) is 5.90. The maximum atomic E-state index is 12.5. The van der Waals surface area contributed by atoms with Crippen molar-refractivity contribution >= 4 is 5.91 Å². The van der Waals surface area contributed by atoms with Gasteiger partial charge in [-0.15, -0.1) is 0 Å². The van der Waals surface area contributed by atoms with E-state index in [1.807, 2.05) is 13.0 Å². The third-order valence-electron chi connectivity index (χ3n) is 5.76. The van der Waals surface area contributed by atoms with Crippen LogP contribution in [0.3, 0.4) is 0 Å². The monoisotopic (exact) mass is 412 g/mol. The first-order chi connectivity index (χ1) is 14.4. The average molecular weight is 413 g/mol. The van der Waals surface area contributed by atoms with Crippen molar-refractivity contribution in [3.05, 3.63) is 52.3 Å². The lowest BCUT2D eigenvalue weighted by atomic mass is 10.1. The van der Waals surface area contributed by atoms with Crippen LogP contribution in [0.4, 0.5) is 0 Å². The highest BCUT2D eigenvalue weighted by molar-refractivity contribution is 5.76. The molecule has 1 amide bonds. The number of carbonyl (C=O) groups is 1. The van der Waals surface area contributed by atoms with Gasteiger partial charge in [-0.1, -0.05) is 38.1 Å². The number of hydrogen-bond acceptors (Lipinski definition) is 4. The molecule has 1 saturated heterocycles. The molecular formula is C24H36N4O2. The molecule has 0 atom stereocenters. The fourth-order valence-corrected chi connectivity index (χ4v) is 4.02. The van der Waals surface area contributed by atoms with Crippen molar-refractivity contribution in [3.8, 4) is 0 Å². The smallest absolute Gasteiger partial charge is 0.220 e. The van der Waals surface area contributed by atoms with Crippen molar-refractivity contribution in [1.82, 2.24) is 20.0 Å². The van der Waals surface area contributed by atoms with Gasteiger partial charge in [-0.3, -0.25) is 14.4 Å². The zero-order chi connectivity index (χ0) is 21.5. The highest BCUT2D eigenvalue weighted by Crippen LogP contribution is 2.17. The van der Waals surface area contributed by atoms with Crippen LogP contribution >= 0.6 is 0 Å². The molecule has 1 aromatic carbocycles. The molecule has 6 nitrogen and oxygen atoms in total. The molecule has 6 heteroatoms. The van der Waals surface area contributed by atoms with E-state index >= 15 is 0 Å². The Bertz CT molecular complexity index is 838. The maximum Gasteiger partial charge on any atom is 0.220 e. The van der Waals surface area contributed by atoms with E-state index in [9.17, 15) is 4.79 Å². The van der Waals surface area contributed by atoms with E-state index in [0.29, 0.717) is 18.9 Å². The van der Waals surface area contributed by atoms with Crippen molar-refractivity contribution in [2.75, 3.05) is 26.3 Å². The molecule has 1 N–H and O–H groups in total. The summed E-state index contributed by atoms with van der Waals surface area (Å²) in [5, 5.41) is 7.78. The second kappa shape index (κ2) is 10.7. The minimum atomic E-state index is 0.0894. The van der Waals surface area contributed by atoms with Gasteiger partial charge >= 0.3 is 0 Å². The molecule has 0 saturated carbocycles. The number of rotatable bonds is 9. The van der Waals surface area contributed by atoms with Crippen LogP contribution in [0.2, 0.25) is 0 Å². The van der Waals surface area contributed by atoms with E-state index in [2.05, 4.69) is 59.0 Å². The predicted octanol–water partition coefficient (Wildman–Crippen LogP) is 3.24. The third kappa shape index (κ3) is 6.16. The third-order valence-corrected chi connectivity index (χ3v) is 5.76. The number of morpholine rings is 1. The number of nitrogens with one attached hydrogen (secondary N) is 1. The van der Waals surface area contributed by atoms with Crippen LogP contribution in [0, 0.1) is 19.8 Å². The van der Waals surface area contributed by atoms with E-state index in [-0.39, 0.29) is 5.91 Å². The molecule has 0 bridgehead atoms. The second-order valence-corrected chi connectivity index (χ2v) is 8.66. The second-order valence-electron chi connectivity index (χ2n) is 8.66. The minimum absolute atomic E-state index is 0.0894. The number of aryl methyl sites for hydroxylation is 1. The zero-order valence-corrected chi connectivity index (χ0v) is 18.9. The first-order valence-electron chi connectivity index (χ1n) is 11.1. The predicted molar refractivity (Wildman–Crippen MR) is 119 cm³/mol. The quantitative estimate of drug-likeness (QED) is 0.687. The van der Waals surface area contributed by atoms with Gasteiger partial charge < -0.3 is 10.1 Å². The number of hydrogen-bond donors (Lipinski definition) is 1. The van der Waals surface area contributed by atoms with Crippen LogP contribution in [-0.2, 0) is 35.6 Å². The molecule has 3 rings (SSSR count). The molecule has 30 heavy (non-hydrogen) atoms. The van der Waals surface area contributed by atoms with Crippen molar-refractivity contribution in [2.24, 2.45) is 5.92 Å². The Kier molecular flexibility index (Phi) is 8.05. The number of carbonyl (C=O) groups excluding carboxylic acids is 1. The fraction of sp³-hybridized carbons (Fsp3) is 0.583. The Morgan fingerprint density at radius 1 is 1.17 bits per heavy atom. The molecule has 0 spiro atoms. The van der Waals surface area contributed by atoms with Crippen LogP contribution in [0.25, 0.3) is 0 Å². The molecule has 1 aromatic heterocycles. The molecule has 0 unspecified atom stereocenters. The van der Waals surface area contributed by atoms with Crippen LogP contribution in [-0.4, -0.2) is 46.9 Å². The van der Waals surface area contributed by atoms with Crippen molar-refractivity contribution in [1.29, 1.82) is 0 Å². The molecule has 2 heterocycles. The largest absolute Gasteiger partial charge is 0.379 e. The zero-order valence-electron chi connectivity index (χ0n) is 18.9. The van der Waals surface area contributed by atoms with E-state index in [1.54, 1.807) is 0 Å². The van der Waals surface area contributed by atoms with Gasteiger partial charge in [-0.2, -0.15) is 5.10 Å². The summed E-state index contributed by atoms with van der Waals surface area (Å²) in [4.78, 5) is 14.9. The number of benzene rings is 1. The number of nitrogens with zero attached hydrogens (tertiary/aromatic N) is 3. The van der Waals surface area contributed by atoms with Crippen LogP contribution in [0.1, 0.15) is 48.3 Å². The highest BCUT2D eigenvalue weighted by atomic mass is 16.5. The van der Waals surface area contributed by atoms with Crippen LogP contribution in [0.5, 0.6) is 0 Å². The lowest BCUT2D eigenvalue weighted by molar-refractivity contribution is -0.121. The Morgan fingerprint density at radius 2 is 1.87 bits per heavy atom. The van der Waals surface area contributed by atoms with E-state index in [0.717, 1.165) is 51.5 Å².